The maximum Gasteiger partial charge on any atom is 0.283 e. The number of nitrogens with zero attached hydrogens (tertiary/aromatic N) is 1. The lowest BCUT2D eigenvalue weighted by Crippen LogP contribution is -2.16. The van der Waals surface area contributed by atoms with Crippen LogP contribution in [-0.2, 0) is 0 Å². The van der Waals surface area contributed by atoms with Crippen LogP contribution >= 0.6 is 22.9 Å². The highest BCUT2D eigenvalue weighted by Crippen LogP contribution is 2.39. The Hall–Kier alpha value is -2.97. The first kappa shape index (κ1) is 20.8. The fraction of sp³-hybridized carbons (Fsp3) is 0.200. The molecule has 2 aromatic carbocycles. The highest BCUT2D eigenvalue weighted by molar-refractivity contribution is 7.21. The number of thiophene rings is 1. The van der Waals surface area contributed by atoms with E-state index in [0.717, 1.165) is 10.1 Å². The summed E-state index contributed by atoms with van der Waals surface area (Å²) in [6.45, 7) is 0. The van der Waals surface area contributed by atoms with E-state index in [1.54, 1.807) is 25.3 Å². The Kier molecular flexibility index (Phi) is 6.46. The molecule has 0 aliphatic heterocycles. The Labute approximate surface area is 176 Å². The lowest BCUT2D eigenvalue weighted by molar-refractivity contribution is 0.0959. The number of halogens is 1. The molecule has 0 fully saturated rings. The zero-order valence-corrected chi connectivity index (χ0v) is 17.8. The van der Waals surface area contributed by atoms with Gasteiger partial charge in [0.2, 0.25) is 5.75 Å². The third kappa shape index (κ3) is 4.08. The van der Waals surface area contributed by atoms with Crippen molar-refractivity contribution in [2.24, 2.45) is 5.10 Å². The van der Waals surface area contributed by atoms with Gasteiger partial charge >= 0.3 is 0 Å². The van der Waals surface area contributed by atoms with Crippen LogP contribution in [0.25, 0.3) is 10.1 Å². The van der Waals surface area contributed by atoms with Gasteiger partial charge in [0.05, 0.1) is 39.7 Å². The van der Waals surface area contributed by atoms with E-state index in [1.165, 1.54) is 38.9 Å². The number of fused-ring (bicyclic) bond motifs is 1. The van der Waals surface area contributed by atoms with Crippen molar-refractivity contribution in [3.05, 3.63) is 45.8 Å². The van der Waals surface area contributed by atoms with E-state index in [4.69, 9.17) is 30.5 Å². The van der Waals surface area contributed by atoms with Crippen LogP contribution in [0.2, 0.25) is 5.02 Å². The van der Waals surface area contributed by atoms with Gasteiger partial charge in [-0.2, -0.15) is 5.10 Å². The van der Waals surface area contributed by atoms with Crippen LogP contribution in [0.3, 0.4) is 0 Å². The second-order valence-electron chi connectivity index (χ2n) is 5.73. The van der Waals surface area contributed by atoms with Gasteiger partial charge < -0.3 is 18.9 Å². The molecular weight excluding hydrogens is 416 g/mol. The molecule has 7 nitrogen and oxygen atoms in total. The number of hydrogen-bond donors (Lipinski definition) is 1. The van der Waals surface area contributed by atoms with Gasteiger partial charge in [0.25, 0.3) is 5.91 Å². The van der Waals surface area contributed by atoms with Crippen LogP contribution in [0, 0.1) is 0 Å². The predicted octanol–water partition coefficient (Wildman–Crippen LogP) is 4.35. The van der Waals surface area contributed by atoms with Crippen LogP contribution in [0.15, 0.2) is 35.4 Å². The van der Waals surface area contributed by atoms with Gasteiger partial charge in [-0.25, -0.2) is 5.43 Å². The smallest absolute Gasteiger partial charge is 0.283 e. The number of ether oxygens (including phenoxy) is 4. The zero-order chi connectivity index (χ0) is 21.0. The summed E-state index contributed by atoms with van der Waals surface area (Å²) >= 11 is 7.64. The SMILES string of the molecule is COc1ccc2c(Cl)c(C(=O)N/N=C/c3ccc(OC)c(OC)c3OC)sc2c1. The molecule has 0 aliphatic carbocycles. The molecule has 0 aliphatic rings. The number of carbonyl (C=O) groups excluding carboxylic acids is 1. The number of amides is 1. The van der Waals surface area contributed by atoms with Crippen molar-refractivity contribution in [2.75, 3.05) is 28.4 Å². The third-order valence-corrected chi connectivity index (χ3v) is 5.80. The highest BCUT2D eigenvalue weighted by atomic mass is 35.5. The molecule has 0 unspecified atom stereocenters. The van der Waals surface area contributed by atoms with Crippen LogP contribution < -0.4 is 24.4 Å². The van der Waals surface area contributed by atoms with E-state index in [1.807, 2.05) is 12.1 Å². The monoisotopic (exact) mass is 434 g/mol. The topological polar surface area (TPSA) is 78.4 Å². The average Bonchev–Trinajstić information content (AvgIpc) is 3.08. The Bertz CT molecular complexity index is 1080. The minimum atomic E-state index is -0.411. The molecule has 152 valence electrons. The minimum Gasteiger partial charge on any atom is -0.497 e. The average molecular weight is 435 g/mol. The van der Waals surface area contributed by atoms with E-state index in [2.05, 4.69) is 10.5 Å². The second-order valence-corrected chi connectivity index (χ2v) is 7.16. The van der Waals surface area contributed by atoms with Crippen molar-refractivity contribution < 1.29 is 23.7 Å². The molecule has 3 aromatic rings. The Balaban J connectivity index is 1.83. The van der Waals surface area contributed by atoms with Gasteiger partial charge in [-0.3, -0.25) is 4.79 Å². The molecule has 1 N–H and O–H groups in total. The summed E-state index contributed by atoms with van der Waals surface area (Å²) in [6.07, 6.45) is 1.46. The molecule has 0 saturated heterocycles. The molecule has 9 heteroatoms. The van der Waals surface area contributed by atoms with Crippen LogP contribution in [0.5, 0.6) is 23.0 Å². The lowest BCUT2D eigenvalue weighted by Gasteiger charge is -2.13. The molecule has 1 heterocycles. The molecule has 1 amide bonds. The number of nitrogens with one attached hydrogen (secondary N) is 1. The largest absolute Gasteiger partial charge is 0.497 e. The molecule has 1 aromatic heterocycles. The summed E-state index contributed by atoms with van der Waals surface area (Å²) in [5, 5.41) is 5.19. The van der Waals surface area contributed by atoms with Gasteiger partial charge in [-0.15, -0.1) is 11.3 Å². The van der Waals surface area contributed by atoms with E-state index < -0.39 is 5.91 Å². The van der Waals surface area contributed by atoms with Crippen LogP contribution in [0.1, 0.15) is 15.2 Å². The molecule has 0 atom stereocenters. The zero-order valence-electron chi connectivity index (χ0n) is 16.2. The first-order valence-electron chi connectivity index (χ1n) is 8.42. The summed E-state index contributed by atoms with van der Waals surface area (Å²) < 4.78 is 22.0. The molecule has 0 saturated carbocycles. The number of hydrazone groups is 1. The third-order valence-electron chi connectivity index (χ3n) is 4.15. The van der Waals surface area contributed by atoms with E-state index in [0.29, 0.717) is 38.5 Å². The fourth-order valence-electron chi connectivity index (χ4n) is 2.76. The second kappa shape index (κ2) is 9.02. The van der Waals surface area contributed by atoms with Crippen molar-refractivity contribution in [3.8, 4) is 23.0 Å². The predicted molar refractivity (Wildman–Crippen MR) is 115 cm³/mol. The van der Waals surface area contributed by atoms with Crippen LogP contribution in [-0.4, -0.2) is 40.6 Å². The first-order chi connectivity index (χ1) is 14.0. The maximum absolute atomic E-state index is 12.6. The summed E-state index contributed by atoms with van der Waals surface area (Å²) in [5.41, 5.74) is 3.10. The van der Waals surface area contributed by atoms with Crippen molar-refractivity contribution in [1.82, 2.24) is 5.43 Å². The quantitative estimate of drug-likeness (QED) is 0.441. The van der Waals surface area contributed by atoms with Crippen molar-refractivity contribution >= 4 is 45.1 Å². The van der Waals surface area contributed by atoms with E-state index in [9.17, 15) is 4.79 Å². The lowest BCUT2D eigenvalue weighted by atomic mass is 10.2. The molecule has 0 spiro atoms. The van der Waals surface area contributed by atoms with Gasteiger partial charge in [0, 0.05) is 15.6 Å². The van der Waals surface area contributed by atoms with Crippen molar-refractivity contribution in [1.29, 1.82) is 0 Å². The summed E-state index contributed by atoms with van der Waals surface area (Å²) in [5.74, 6) is 1.69. The van der Waals surface area contributed by atoms with Crippen molar-refractivity contribution in [3.63, 3.8) is 0 Å². The maximum atomic E-state index is 12.6. The Morgan fingerprint density at radius 2 is 1.79 bits per heavy atom. The molecule has 0 radical (unpaired) electrons. The number of methoxy groups -OCH3 is 4. The molecule has 29 heavy (non-hydrogen) atoms. The Morgan fingerprint density at radius 1 is 1.03 bits per heavy atom. The van der Waals surface area contributed by atoms with Crippen molar-refractivity contribution in [2.45, 2.75) is 0 Å². The normalized spacial score (nSPS) is 10.9. The first-order valence-corrected chi connectivity index (χ1v) is 9.61. The summed E-state index contributed by atoms with van der Waals surface area (Å²) in [7, 11) is 6.15. The van der Waals surface area contributed by atoms with E-state index in [-0.39, 0.29) is 0 Å². The number of hydrogen-bond acceptors (Lipinski definition) is 7. The van der Waals surface area contributed by atoms with E-state index >= 15 is 0 Å². The minimum absolute atomic E-state index is 0.367. The number of carbonyl (C=O) groups is 1. The standard InChI is InChI=1S/C20H19ClN2O5S/c1-25-12-6-7-13-15(9-12)29-19(16(13)21)20(24)23-22-10-11-5-8-14(26-2)18(28-4)17(11)27-3/h5-10H,1-4H3,(H,23,24)/b22-10+. The Morgan fingerprint density at radius 3 is 2.45 bits per heavy atom. The molecule has 0 bridgehead atoms. The van der Waals surface area contributed by atoms with Gasteiger partial charge in [0.15, 0.2) is 11.5 Å². The summed E-state index contributed by atoms with van der Waals surface area (Å²) in [4.78, 5) is 12.9. The fourth-order valence-corrected chi connectivity index (χ4v) is 4.19. The highest BCUT2D eigenvalue weighted by Gasteiger charge is 2.18. The van der Waals surface area contributed by atoms with Gasteiger partial charge in [-0.05, 0) is 30.3 Å². The molecule has 3 rings (SSSR count). The van der Waals surface area contributed by atoms with Gasteiger partial charge in [-0.1, -0.05) is 11.6 Å². The number of rotatable bonds is 7. The van der Waals surface area contributed by atoms with Gasteiger partial charge in [0.1, 0.15) is 10.6 Å². The summed E-state index contributed by atoms with van der Waals surface area (Å²) in [6, 6.07) is 8.92. The molecular formula is C20H19ClN2O5S. The number of benzene rings is 2. The van der Waals surface area contributed by atoms with Crippen LogP contribution in [0.4, 0.5) is 0 Å².